The number of carbonyl (C=O) groups is 1. The van der Waals surface area contributed by atoms with Crippen LogP contribution in [0.4, 0.5) is 0 Å². The molecule has 18 heavy (non-hydrogen) atoms. The maximum Gasteiger partial charge on any atom is 0.184 e. The Morgan fingerprint density at radius 1 is 1.06 bits per heavy atom. The number of Topliss-reactive ketones (excluding diaryl/α,β-unsaturated/α-hetero) is 1. The lowest BCUT2D eigenvalue weighted by Crippen LogP contribution is -2.10. The molecule has 88 valence electrons. The van der Waals surface area contributed by atoms with E-state index in [2.05, 4.69) is 0 Å². The standard InChI is InChI=1S/C15H10ClNO/c16-13-8-6-11(7-9-13)14(10-17)15(18)12-4-2-1-3-5-12/h1-9,14H/t14-/m0/s1. The van der Waals surface area contributed by atoms with Crippen LogP contribution in [-0.4, -0.2) is 5.78 Å². The van der Waals surface area contributed by atoms with Gasteiger partial charge in [0.2, 0.25) is 0 Å². The van der Waals surface area contributed by atoms with Crippen LogP contribution in [0.25, 0.3) is 0 Å². The first-order valence-corrected chi connectivity index (χ1v) is 5.84. The topological polar surface area (TPSA) is 40.9 Å². The molecule has 0 spiro atoms. The van der Waals surface area contributed by atoms with Gasteiger partial charge in [0.05, 0.1) is 6.07 Å². The highest BCUT2D eigenvalue weighted by atomic mass is 35.5. The Morgan fingerprint density at radius 2 is 1.67 bits per heavy atom. The molecule has 0 aromatic heterocycles. The molecule has 3 heteroatoms. The van der Waals surface area contributed by atoms with Gasteiger partial charge in [-0.05, 0) is 17.7 Å². The van der Waals surface area contributed by atoms with Crippen molar-refractivity contribution in [1.29, 1.82) is 5.26 Å². The molecule has 2 aromatic rings. The molecule has 0 radical (unpaired) electrons. The van der Waals surface area contributed by atoms with Crippen molar-refractivity contribution >= 4 is 17.4 Å². The second kappa shape index (κ2) is 5.48. The van der Waals surface area contributed by atoms with Crippen LogP contribution in [-0.2, 0) is 0 Å². The number of nitrogens with zero attached hydrogens (tertiary/aromatic N) is 1. The van der Waals surface area contributed by atoms with E-state index in [9.17, 15) is 10.1 Å². The van der Waals surface area contributed by atoms with E-state index in [1.165, 1.54) is 0 Å². The van der Waals surface area contributed by atoms with Gasteiger partial charge in [0.1, 0.15) is 5.92 Å². The third kappa shape index (κ3) is 2.58. The van der Waals surface area contributed by atoms with Crippen LogP contribution < -0.4 is 0 Å². The number of carbonyl (C=O) groups excluding carboxylic acids is 1. The lowest BCUT2D eigenvalue weighted by molar-refractivity contribution is 0.0979. The quantitative estimate of drug-likeness (QED) is 0.782. The lowest BCUT2D eigenvalue weighted by atomic mass is 9.92. The third-order valence-corrected chi connectivity index (χ3v) is 2.90. The number of rotatable bonds is 3. The van der Waals surface area contributed by atoms with Crippen LogP contribution in [0.3, 0.4) is 0 Å². The highest BCUT2D eigenvalue weighted by Crippen LogP contribution is 2.22. The molecule has 0 unspecified atom stereocenters. The van der Waals surface area contributed by atoms with Gasteiger partial charge in [-0.2, -0.15) is 5.26 Å². The fourth-order valence-corrected chi connectivity index (χ4v) is 1.83. The predicted octanol–water partition coefficient (Wildman–Crippen LogP) is 3.83. The van der Waals surface area contributed by atoms with Gasteiger partial charge >= 0.3 is 0 Å². The first-order chi connectivity index (χ1) is 8.72. The van der Waals surface area contributed by atoms with Gasteiger partial charge in [-0.1, -0.05) is 54.1 Å². The van der Waals surface area contributed by atoms with Crippen molar-refractivity contribution in [3.05, 3.63) is 70.7 Å². The van der Waals surface area contributed by atoms with E-state index in [1.807, 2.05) is 12.1 Å². The molecule has 0 aliphatic carbocycles. The third-order valence-electron chi connectivity index (χ3n) is 2.65. The fraction of sp³-hybridized carbons (Fsp3) is 0.0667. The van der Waals surface area contributed by atoms with Crippen molar-refractivity contribution in [2.24, 2.45) is 0 Å². The Kier molecular flexibility index (Phi) is 3.76. The van der Waals surface area contributed by atoms with Crippen molar-refractivity contribution < 1.29 is 4.79 Å². The smallest absolute Gasteiger partial charge is 0.184 e. The Labute approximate surface area is 110 Å². The average molecular weight is 256 g/mol. The minimum Gasteiger partial charge on any atom is -0.292 e. The molecule has 0 aliphatic rings. The van der Waals surface area contributed by atoms with Gasteiger partial charge in [-0.15, -0.1) is 0 Å². The molecule has 0 heterocycles. The molecule has 0 N–H and O–H groups in total. The molecule has 0 bridgehead atoms. The first kappa shape index (κ1) is 12.3. The van der Waals surface area contributed by atoms with Crippen molar-refractivity contribution in [1.82, 2.24) is 0 Å². The largest absolute Gasteiger partial charge is 0.292 e. The van der Waals surface area contributed by atoms with E-state index < -0.39 is 5.92 Å². The van der Waals surface area contributed by atoms with Crippen molar-refractivity contribution in [3.63, 3.8) is 0 Å². The molecule has 2 rings (SSSR count). The van der Waals surface area contributed by atoms with E-state index in [0.29, 0.717) is 16.1 Å². The zero-order valence-corrected chi connectivity index (χ0v) is 10.3. The maximum absolute atomic E-state index is 12.2. The number of nitriles is 1. The zero-order valence-electron chi connectivity index (χ0n) is 9.51. The molecule has 0 aliphatic heterocycles. The van der Waals surface area contributed by atoms with Crippen molar-refractivity contribution in [2.45, 2.75) is 5.92 Å². The molecule has 2 aromatic carbocycles. The summed E-state index contributed by atoms with van der Waals surface area (Å²) >= 11 is 5.79. The SMILES string of the molecule is N#C[C@H](C(=O)c1ccccc1)c1ccc(Cl)cc1. The van der Waals surface area contributed by atoms with Gasteiger partial charge in [-0.3, -0.25) is 4.79 Å². The molecule has 0 saturated carbocycles. The highest BCUT2D eigenvalue weighted by molar-refractivity contribution is 6.30. The van der Waals surface area contributed by atoms with E-state index in [1.54, 1.807) is 48.5 Å². The molecular weight excluding hydrogens is 246 g/mol. The Morgan fingerprint density at radius 3 is 2.22 bits per heavy atom. The fourth-order valence-electron chi connectivity index (χ4n) is 1.71. The summed E-state index contributed by atoms with van der Waals surface area (Å²) in [6.07, 6.45) is 0. The predicted molar refractivity (Wildman–Crippen MR) is 70.6 cm³/mol. The summed E-state index contributed by atoms with van der Waals surface area (Å²) in [7, 11) is 0. The molecule has 1 atom stereocenters. The lowest BCUT2D eigenvalue weighted by Gasteiger charge is -2.08. The van der Waals surface area contributed by atoms with Crippen LogP contribution >= 0.6 is 11.6 Å². The first-order valence-electron chi connectivity index (χ1n) is 5.46. The van der Waals surface area contributed by atoms with Crippen LogP contribution in [0.15, 0.2) is 54.6 Å². The second-order valence-corrected chi connectivity index (χ2v) is 4.28. The zero-order chi connectivity index (χ0) is 13.0. The highest BCUT2D eigenvalue weighted by Gasteiger charge is 2.21. The number of benzene rings is 2. The summed E-state index contributed by atoms with van der Waals surface area (Å²) in [6, 6.07) is 17.6. The Balaban J connectivity index is 2.33. The Hall–Kier alpha value is -2.11. The summed E-state index contributed by atoms with van der Waals surface area (Å²) in [5, 5.41) is 9.76. The number of hydrogen-bond donors (Lipinski definition) is 0. The van der Waals surface area contributed by atoms with Crippen LogP contribution in [0.5, 0.6) is 0 Å². The number of ketones is 1. The summed E-state index contributed by atoms with van der Waals surface area (Å²) in [5.74, 6) is -0.981. The number of hydrogen-bond acceptors (Lipinski definition) is 2. The van der Waals surface area contributed by atoms with E-state index in [4.69, 9.17) is 11.6 Å². The molecule has 0 amide bonds. The van der Waals surface area contributed by atoms with E-state index in [0.717, 1.165) is 0 Å². The van der Waals surface area contributed by atoms with Gasteiger partial charge in [-0.25, -0.2) is 0 Å². The number of halogens is 1. The Bertz CT molecular complexity index is 584. The van der Waals surface area contributed by atoms with Crippen molar-refractivity contribution in [2.75, 3.05) is 0 Å². The van der Waals surface area contributed by atoms with E-state index in [-0.39, 0.29) is 5.78 Å². The van der Waals surface area contributed by atoms with Crippen LogP contribution in [0, 0.1) is 11.3 Å². The molecule has 0 saturated heterocycles. The average Bonchev–Trinajstić information content (AvgIpc) is 2.42. The van der Waals surface area contributed by atoms with Gasteiger partial charge in [0, 0.05) is 10.6 Å². The summed E-state index contributed by atoms with van der Waals surface area (Å²) in [6.45, 7) is 0. The minimum atomic E-state index is -0.787. The summed E-state index contributed by atoms with van der Waals surface area (Å²) < 4.78 is 0. The molecular formula is C15H10ClNO. The van der Waals surface area contributed by atoms with Crippen LogP contribution in [0.2, 0.25) is 5.02 Å². The van der Waals surface area contributed by atoms with Crippen LogP contribution in [0.1, 0.15) is 21.8 Å². The second-order valence-electron chi connectivity index (χ2n) is 3.84. The van der Waals surface area contributed by atoms with Gasteiger partial charge < -0.3 is 0 Å². The van der Waals surface area contributed by atoms with Crippen molar-refractivity contribution in [3.8, 4) is 6.07 Å². The normalized spacial score (nSPS) is 11.6. The monoisotopic (exact) mass is 255 g/mol. The minimum absolute atomic E-state index is 0.194. The molecule has 2 nitrogen and oxygen atoms in total. The van der Waals surface area contributed by atoms with E-state index >= 15 is 0 Å². The summed E-state index contributed by atoms with van der Waals surface area (Å²) in [5.41, 5.74) is 1.20. The summed E-state index contributed by atoms with van der Waals surface area (Å²) in [4.78, 5) is 12.2. The van der Waals surface area contributed by atoms with Gasteiger partial charge in [0.25, 0.3) is 0 Å². The van der Waals surface area contributed by atoms with Gasteiger partial charge in [0.15, 0.2) is 5.78 Å². The molecule has 0 fully saturated rings. The maximum atomic E-state index is 12.2.